The van der Waals surface area contributed by atoms with Crippen molar-refractivity contribution in [2.45, 2.75) is 38.5 Å². The number of carbonyl (C=O) groups is 1. The van der Waals surface area contributed by atoms with Crippen molar-refractivity contribution in [3.63, 3.8) is 0 Å². The first-order valence-corrected chi connectivity index (χ1v) is 4.87. The maximum atomic E-state index is 12.8. The van der Waals surface area contributed by atoms with E-state index in [1.165, 1.54) is 0 Å². The Hall–Kier alpha value is -0.750. The summed E-state index contributed by atoms with van der Waals surface area (Å²) in [7, 11) is 0. The standard InChI is InChI=1S/C9H15F2NO3/c1-3-14-6(2)15-5-7-4-9(10,11)8(13)12-7/h6-7H,3-5H2,1-2H3,(H,12,13). The fraction of sp³-hybridized carbons (Fsp3) is 0.889. The van der Waals surface area contributed by atoms with Crippen LogP contribution in [0.1, 0.15) is 20.3 Å². The number of alkyl halides is 2. The molecule has 15 heavy (non-hydrogen) atoms. The molecule has 1 rings (SSSR count). The summed E-state index contributed by atoms with van der Waals surface area (Å²) in [5, 5.41) is 2.17. The molecule has 2 atom stereocenters. The number of hydrogen-bond acceptors (Lipinski definition) is 3. The highest BCUT2D eigenvalue weighted by Gasteiger charge is 2.48. The van der Waals surface area contributed by atoms with Gasteiger partial charge in [-0.1, -0.05) is 0 Å². The second-order valence-corrected chi connectivity index (χ2v) is 3.44. The fourth-order valence-electron chi connectivity index (χ4n) is 1.38. The Kier molecular flexibility index (Phi) is 3.98. The average Bonchev–Trinajstić information content (AvgIpc) is 2.38. The van der Waals surface area contributed by atoms with Crippen molar-refractivity contribution < 1.29 is 23.0 Å². The molecule has 1 heterocycles. The molecule has 4 nitrogen and oxygen atoms in total. The van der Waals surface area contributed by atoms with Crippen molar-refractivity contribution in [3.05, 3.63) is 0 Å². The molecular formula is C9H15F2NO3. The smallest absolute Gasteiger partial charge is 0.326 e. The third-order valence-corrected chi connectivity index (χ3v) is 2.10. The van der Waals surface area contributed by atoms with E-state index in [4.69, 9.17) is 9.47 Å². The monoisotopic (exact) mass is 223 g/mol. The third kappa shape index (κ3) is 3.39. The molecule has 1 amide bonds. The van der Waals surface area contributed by atoms with Crippen LogP contribution in [0.15, 0.2) is 0 Å². The fourth-order valence-corrected chi connectivity index (χ4v) is 1.38. The lowest BCUT2D eigenvalue weighted by Crippen LogP contribution is -2.33. The summed E-state index contributed by atoms with van der Waals surface area (Å²) in [6.45, 7) is 4.03. The van der Waals surface area contributed by atoms with Crippen molar-refractivity contribution in [2.24, 2.45) is 0 Å². The minimum Gasteiger partial charge on any atom is -0.353 e. The Balaban J connectivity index is 2.27. The molecule has 0 aromatic heterocycles. The molecule has 0 bridgehead atoms. The first-order chi connectivity index (χ1) is 6.95. The van der Waals surface area contributed by atoms with Crippen molar-refractivity contribution >= 4 is 5.91 Å². The van der Waals surface area contributed by atoms with Crippen LogP contribution in [-0.4, -0.2) is 37.4 Å². The zero-order chi connectivity index (χ0) is 11.5. The molecule has 0 spiro atoms. The molecule has 0 radical (unpaired) electrons. The highest BCUT2D eigenvalue weighted by molar-refractivity contribution is 5.85. The minimum atomic E-state index is -3.26. The lowest BCUT2D eigenvalue weighted by atomic mass is 10.2. The van der Waals surface area contributed by atoms with Crippen LogP contribution in [0.2, 0.25) is 0 Å². The Bertz CT molecular complexity index is 235. The number of amides is 1. The molecule has 88 valence electrons. The van der Waals surface area contributed by atoms with Gasteiger partial charge in [-0.25, -0.2) is 0 Å². The van der Waals surface area contributed by atoms with Gasteiger partial charge in [0.25, 0.3) is 5.91 Å². The van der Waals surface area contributed by atoms with Crippen molar-refractivity contribution in [3.8, 4) is 0 Å². The number of hydrogen-bond donors (Lipinski definition) is 1. The molecule has 0 aliphatic carbocycles. The van der Waals surface area contributed by atoms with Gasteiger partial charge in [0.05, 0.1) is 12.6 Å². The van der Waals surface area contributed by atoms with E-state index in [9.17, 15) is 13.6 Å². The zero-order valence-electron chi connectivity index (χ0n) is 8.76. The first kappa shape index (κ1) is 12.3. The normalized spacial score (nSPS) is 26.4. The SMILES string of the molecule is CCOC(C)OCC1CC(F)(F)C(=O)N1. The highest BCUT2D eigenvalue weighted by atomic mass is 19.3. The van der Waals surface area contributed by atoms with Crippen LogP contribution in [0.5, 0.6) is 0 Å². The molecule has 0 aromatic rings. The van der Waals surface area contributed by atoms with E-state index >= 15 is 0 Å². The van der Waals surface area contributed by atoms with Crippen molar-refractivity contribution in [1.29, 1.82) is 0 Å². The summed E-state index contributed by atoms with van der Waals surface area (Å²) in [6, 6.07) is -0.629. The average molecular weight is 223 g/mol. The largest absolute Gasteiger partial charge is 0.353 e. The summed E-state index contributed by atoms with van der Waals surface area (Å²) in [5.41, 5.74) is 0. The number of nitrogens with one attached hydrogen (secondary N) is 1. The molecule has 1 saturated heterocycles. The topological polar surface area (TPSA) is 47.6 Å². The van der Waals surface area contributed by atoms with Gasteiger partial charge in [0, 0.05) is 13.0 Å². The van der Waals surface area contributed by atoms with Crippen molar-refractivity contribution in [2.75, 3.05) is 13.2 Å². The minimum absolute atomic E-state index is 0.0441. The van der Waals surface area contributed by atoms with Crippen molar-refractivity contribution in [1.82, 2.24) is 5.32 Å². The van der Waals surface area contributed by atoms with Crippen LogP contribution < -0.4 is 5.32 Å². The van der Waals surface area contributed by atoms with Gasteiger partial charge in [0.2, 0.25) is 0 Å². The zero-order valence-corrected chi connectivity index (χ0v) is 8.76. The number of halogens is 2. The molecule has 1 N–H and O–H groups in total. The molecule has 1 aliphatic heterocycles. The van der Waals surface area contributed by atoms with E-state index in [0.717, 1.165) is 0 Å². The molecule has 0 aromatic carbocycles. The van der Waals surface area contributed by atoms with Gasteiger partial charge in [-0.3, -0.25) is 4.79 Å². The summed E-state index contributed by atoms with van der Waals surface area (Å²) in [6.07, 6.45) is -0.953. The number of carbonyl (C=O) groups excluding carboxylic acids is 1. The Morgan fingerprint density at radius 3 is 2.73 bits per heavy atom. The molecular weight excluding hydrogens is 208 g/mol. The molecule has 0 saturated carbocycles. The number of rotatable bonds is 5. The van der Waals surface area contributed by atoms with Crippen LogP contribution in [0.4, 0.5) is 8.78 Å². The Morgan fingerprint density at radius 1 is 1.60 bits per heavy atom. The van der Waals surface area contributed by atoms with Gasteiger partial charge >= 0.3 is 5.92 Å². The van der Waals surface area contributed by atoms with Crippen LogP contribution in [-0.2, 0) is 14.3 Å². The maximum absolute atomic E-state index is 12.8. The quantitative estimate of drug-likeness (QED) is 0.705. The van der Waals surface area contributed by atoms with Gasteiger partial charge in [-0.05, 0) is 13.8 Å². The summed E-state index contributed by atoms with van der Waals surface area (Å²) in [5.74, 6) is -4.48. The summed E-state index contributed by atoms with van der Waals surface area (Å²) in [4.78, 5) is 10.7. The van der Waals surface area contributed by atoms with E-state index in [1.54, 1.807) is 6.92 Å². The summed E-state index contributed by atoms with van der Waals surface area (Å²) < 4.78 is 35.7. The third-order valence-electron chi connectivity index (χ3n) is 2.10. The predicted octanol–water partition coefficient (Wildman–Crippen LogP) is 0.909. The maximum Gasteiger partial charge on any atom is 0.326 e. The van der Waals surface area contributed by atoms with Crippen LogP contribution in [0, 0.1) is 0 Å². The summed E-state index contributed by atoms with van der Waals surface area (Å²) >= 11 is 0. The van der Waals surface area contributed by atoms with Crippen LogP contribution in [0.3, 0.4) is 0 Å². The Labute approximate surface area is 86.9 Å². The van der Waals surface area contributed by atoms with Gasteiger partial charge in [0.1, 0.15) is 0 Å². The number of ether oxygens (including phenoxy) is 2. The van der Waals surface area contributed by atoms with E-state index in [-0.39, 0.29) is 6.61 Å². The van der Waals surface area contributed by atoms with Gasteiger partial charge in [0.15, 0.2) is 6.29 Å². The van der Waals surface area contributed by atoms with E-state index in [0.29, 0.717) is 6.61 Å². The second-order valence-electron chi connectivity index (χ2n) is 3.44. The molecule has 1 aliphatic rings. The van der Waals surface area contributed by atoms with E-state index in [1.807, 2.05) is 6.92 Å². The van der Waals surface area contributed by atoms with Crippen LogP contribution >= 0.6 is 0 Å². The van der Waals surface area contributed by atoms with Gasteiger partial charge in [-0.2, -0.15) is 8.78 Å². The Morgan fingerprint density at radius 2 is 2.27 bits per heavy atom. The van der Waals surface area contributed by atoms with E-state index in [2.05, 4.69) is 5.32 Å². The lowest BCUT2D eigenvalue weighted by molar-refractivity contribution is -0.139. The van der Waals surface area contributed by atoms with Crippen LogP contribution in [0.25, 0.3) is 0 Å². The van der Waals surface area contributed by atoms with Gasteiger partial charge in [-0.15, -0.1) is 0 Å². The lowest BCUT2D eigenvalue weighted by Gasteiger charge is -2.15. The molecule has 1 fully saturated rings. The highest BCUT2D eigenvalue weighted by Crippen LogP contribution is 2.26. The molecule has 6 heteroatoms. The second kappa shape index (κ2) is 4.85. The predicted molar refractivity (Wildman–Crippen MR) is 48.5 cm³/mol. The first-order valence-electron chi connectivity index (χ1n) is 4.87. The van der Waals surface area contributed by atoms with Gasteiger partial charge < -0.3 is 14.8 Å². The molecule has 2 unspecified atom stereocenters. The van der Waals surface area contributed by atoms with E-state index < -0.39 is 30.6 Å².